The number of carbonyl (C=O) groups is 1. The van der Waals surface area contributed by atoms with Crippen molar-refractivity contribution in [3.05, 3.63) is 46.8 Å². The molecule has 0 saturated carbocycles. The molecular formula is C22H19N9O2. The van der Waals surface area contributed by atoms with Gasteiger partial charge in [0.15, 0.2) is 11.5 Å². The fourth-order valence-corrected chi connectivity index (χ4v) is 4.39. The van der Waals surface area contributed by atoms with Crippen LogP contribution in [0.1, 0.15) is 30.9 Å². The molecular weight excluding hydrogens is 422 g/mol. The predicted octanol–water partition coefficient (Wildman–Crippen LogP) is 1.39. The molecule has 4 aromatic heterocycles. The third-order valence-electron chi connectivity index (χ3n) is 6.07. The van der Waals surface area contributed by atoms with Crippen LogP contribution in [-0.4, -0.2) is 52.6 Å². The number of hydrogen-bond donors (Lipinski definition) is 0. The lowest BCUT2D eigenvalue weighted by atomic mass is 10.1. The SMILES string of the molecule is Cn1c(=O)n([C@@H]2CCCN(C(=O)CC#N)C2)c2nc(-c3cnn4ccc(C#N)cc34)ncc21. The minimum Gasteiger partial charge on any atom is -0.340 e. The standard InChI is InChI=1S/C22H19N9O2/c1-28-18-12-25-20(16-11-26-30-8-5-14(10-24)9-17(16)30)27-21(18)31(22(28)33)15-3-2-7-29(13-15)19(32)4-6-23/h5,8-9,11-12,15H,2-4,7,13H2,1H3/t15-/m1/s1. The van der Waals surface area contributed by atoms with Crippen LogP contribution >= 0.6 is 0 Å². The van der Waals surface area contributed by atoms with Crippen LogP contribution in [0.2, 0.25) is 0 Å². The quantitative estimate of drug-likeness (QED) is 0.468. The Morgan fingerprint density at radius 2 is 2.12 bits per heavy atom. The van der Waals surface area contributed by atoms with Gasteiger partial charge in [-0.25, -0.2) is 19.3 Å². The average molecular weight is 441 g/mol. The van der Waals surface area contributed by atoms with E-state index < -0.39 is 0 Å². The number of pyridine rings is 1. The molecule has 1 aliphatic heterocycles. The highest BCUT2D eigenvalue weighted by molar-refractivity contribution is 5.80. The van der Waals surface area contributed by atoms with E-state index in [2.05, 4.69) is 16.2 Å². The van der Waals surface area contributed by atoms with Gasteiger partial charge in [0.1, 0.15) is 11.9 Å². The highest BCUT2D eigenvalue weighted by Gasteiger charge is 2.28. The fourth-order valence-electron chi connectivity index (χ4n) is 4.39. The highest BCUT2D eigenvalue weighted by Crippen LogP contribution is 2.27. The second kappa shape index (κ2) is 7.88. The number of nitriles is 2. The first-order chi connectivity index (χ1) is 16.0. The van der Waals surface area contributed by atoms with Crippen molar-refractivity contribution >= 4 is 22.6 Å². The Bertz CT molecular complexity index is 1550. The smallest absolute Gasteiger partial charge is 0.330 e. The Labute approximate surface area is 187 Å². The van der Waals surface area contributed by atoms with Crippen LogP contribution < -0.4 is 5.69 Å². The largest absolute Gasteiger partial charge is 0.340 e. The zero-order valence-electron chi connectivity index (χ0n) is 17.8. The molecule has 1 saturated heterocycles. The van der Waals surface area contributed by atoms with Crippen molar-refractivity contribution in [1.29, 1.82) is 10.5 Å². The van der Waals surface area contributed by atoms with E-state index in [4.69, 9.17) is 10.2 Å². The molecule has 1 fully saturated rings. The van der Waals surface area contributed by atoms with Crippen LogP contribution in [0.15, 0.2) is 35.5 Å². The molecule has 0 unspecified atom stereocenters. The van der Waals surface area contributed by atoms with Crippen molar-refractivity contribution in [2.45, 2.75) is 25.3 Å². The first kappa shape index (κ1) is 20.4. The number of piperidine rings is 1. The molecule has 1 atom stereocenters. The van der Waals surface area contributed by atoms with Gasteiger partial charge in [0.2, 0.25) is 5.91 Å². The third kappa shape index (κ3) is 3.31. The van der Waals surface area contributed by atoms with E-state index in [1.807, 2.05) is 6.07 Å². The zero-order valence-corrected chi connectivity index (χ0v) is 17.8. The molecule has 0 aliphatic carbocycles. The second-order valence-corrected chi connectivity index (χ2v) is 8.00. The van der Waals surface area contributed by atoms with Crippen LogP contribution in [0, 0.1) is 22.7 Å². The summed E-state index contributed by atoms with van der Waals surface area (Å²) in [6, 6.07) is 7.15. The van der Waals surface area contributed by atoms with Crippen LogP contribution in [0.3, 0.4) is 0 Å². The van der Waals surface area contributed by atoms with Crippen LogP contribution in [-0.2, 0) is 11.8 Å². The molecule has 5 rings (SSSR count). The number of carbonyl (C=O) groups excluding carboxylic acids is 1. The third-order valence-corrected chi connectivity index (χ3v) is 6.07. The molecule has 33 heavy (non-hydrogen) atoms. The van der Waals surface area contributed by atoms with E-state index in [1.54, 1.807) is 51.8 Å². The molecule has 0 aromatic carbocycles. The van der Waals surface area contributed by atoms with Gasteiger partial charge in [0.05, 0.1) is 47.2 Å². The first-order valence-electron chi connectivity index (χ1n) is 10.5. The van der Waals surface area contributed by atoms with Crippen molar-refractivity contribution in [3.8, 4) is 23.5 Å². The van der Waals surface area contributed by atoms with Crippen LogP contribution in [0.25, 0.3) is 28.1 Å². The predicted molar refractivity (Wildman–Crippen MR) is 117 cm³/mol. The minimum absolute atomic E-state index is 0.178. The van der Waals surface area contributed by atoms with Crippen LogP contribution in [0.4, 0.5) is 0 Å². The summed E-state index contributed by atoms with van der Waals surface area (Å²) in [7, 11) is 1.67. The average Bonchev–Trinajstić information content (AvgIpc) is 3.37. The molecule has 11 nitrogen and oxygen atoms in total. The van der Waals surface area contributed by atoms with Crippen molar-refractivity contribution in [1.82, 2.24) is 33.6 Å². The van der Waals surface area contributed by atoms with E-state index in [0.717, 1.165) is 12.8 Å². The normalized spacial score (nSPS) is 16.1. The number of aryl methyl sites for hydroxylation is 1. The maximum Gasteiger partial charge on any atom is 0.330 e. The number of fused-ring (bicyclic) bond motifs is 2. The highest BCUT2D eigenvalue weighted by atomic mass is 16.2. The number of amides is 1. The molecule has 0 N–H and O–H groups in total. The lowest BCUT2D eigenvalue weighted by molar-refractivity contribution is -0.131. The molecule has 4 aromatic rings. The van der Waals surface area contributed by atoms with E-state index in [-0.39, 0.29) is 24.1 Å². The first-order valence-corrected chi connectivity index (χ1v) is 10.5. The van der Waals surface area contributed by atoms with Crippen LogP contribution in [0.5, 0.6) is 0 Å². The summed E-state index contributed by atoms with van der Waals surface area (Å²) in [6.45, 7) is 0.918. The summed E-state index contributed by atoms with van der Waals surface area (Å²) in [6.07, 6.45) is 6.21. The molecule has 0 spiro atoms. The number of rotatable bonds is 3. The van der Waals surface area contributed by atoms with Crippen molar-refractivity contribution < 1.29 is 4.79 Å². The summed E-state index contributed by atoms with van der Waals surface area (Å²) >= 11 is 0. The summed E-state index contributed by atoms with van der Waals surface area (Å²) in [4.78, 5) is 36.2. The zero-order chi connectivity index (χ0) is 23.1. The van der Waals surface area contributed by atoms with Gasteiger partial charge >= 0.3 is 5.69 Å². The Balaban J connectivity index is 1.62. The van der Waals surface area contributed by atoms with Gasteiger partial charge in [0, 0.05) is 26.3 Å². The molecule has 164 valence electrons. The topological polar surface area (TPSA) is 138 Å². The van der Waals surface area contributed by atoms with Gasteiger partial charge < -0.3 is 4.90 Å². The van der Waals surface area contributed by atoms with E-state index in [0.29, 0.717) is 46.7 Å². The van der Waals surface area contributed by atoms with Gasteiger partial charge in [-0.15, -0.1) is 0 Å². The number of aromatic nitrogens is 6. The number of nitrogens with zero attached hydrogens (tertiary/aromatic N) is 9. The van der Waals surface area contributed by atoms with Crippen molar-refractivity contribution in [2.24, 2.45) is 7.05 Å². The van der Waals surface area contributed by atoms with Gasteiger partial charge in [0.25, 0.3) is 0 Å². The van der Waals surface area contributed by atoms with Crippen molar-refractivity contribution in [2.75, 3.05) is 13.1 Å². The fraction of sp³-hybridized carbons (Fsp3) is 0.318. The Morgan fingerprint density at radius 1 is 1.27 bits per heavy atom. The number of likely N-dealkylation sites (tertiary alicyclic amines) is 1. The van der Waals surface area contributed by atoms with Gasteiger partial charge in [-0.05, 0) is 25.0 Å². The van der Waals surface area contributed by atoms with E-state index >= 15 is 0 Å². The summed E-state index contributed by atoms with van der Waals surface area (Å²) in [5, 5.41) is 22.4. The Kier molecular flexibility index (Phi) is 4.87. The van der Waals surface area contributed by atoms with E-state index in [9.17, 15) is 14.9 Å². The monoisotopic (exact) mass is 441 g/mol. The molecule has 0 bridgehead atoms. The summed E-state index contributed by atoms with van der Waals surface area (Å²) < 4.78 is 4.76. The van der Waals surface area contributed by atoms with Gasteiger partial charge in [-0.2, -0.15) is 15.6 Å². The maximum atomic E-state index is 13.1. The Hall–Kier alpha value is -4.51. The lowest BCUT2D eigenvalue weighted by Crippen LogP contribution is -2.42. The Morgan fingerprint density at radius 3 is 2.91 bits per heavy atom. The lowest BCUT2D eigenvalue weighted by Gasteiger charge is -2.32. The molecule has 1 amide bonds. The minimum atomic E-state index is -0.255. The number of imidazole rings is 1. The summed E-state index contributed by atoms with van der Waals surface area (Å²) in [5.74, 6) is 0.158. The van der Waals surface area contributed by atoms with Gasteiger partial charge in [-0.3, -0.25) is 13.9 Å². The molecule has 0 radical (unpaired) electrons. The number of hydrogen-bond acceptors (Lipinski definition) is 7. The summed E-state index contributed by atoms with van der Waals surface area (Å²) in [5.41, 5.74) is 2.64. The molecule has 5 heterocycles. The van der Waals surface area contributed by atoms with Gasteiger partial charge in [-0.1, -0.05) is 0 Å². The molecule has 1 aliphatic rings. The molecule has 11 heteroatoms. The van der Waals surface area contributed by atoms with E-state index in [1.165, 1.54) is 4.57 Å². The van der Waals surface area contributed by atoms with Crippen molar-refractivity contribution in [3.63, 3.8) is 0 Å². The maximum absolute atomic E-state index is 13.1. The second-order valence-electron chi connectivity index (χ2n) is 8.00.